The third-order valence-electron chi connectivity index (χ3n) is 4.20. The quantitative estimate of drug-likeness (QED) is 0.454. The summed E-state index contributed by atoms with van der Waals surface area (Å²) in [6.07, 6.45) is 7.82. The first-order chi connectivity index (χ1) is 14.4. The molecule has 154 valence electrons. The van der Waals surface area contributed by atoms with Crippen molar-refractivity contribution in [2.24, 2.45) is 0 Å². The van der Waals surface area contributed by atoms with E-state index in [1.54, 1.807) is 6.20 Å². The largest absolute Gasteiger partial charge is 0.338 e. The Kier molecular flexibility index (Phi) is 6.79. The van der Waals surface area contributed by atoms with Gasteiger partial charge in [0, 0.05) is 30.1 Å². The van der Waals surface area contributed by atoms with Crippen molar-refractivity contribution in [2.75, 3.05) is 11.9 Å². The van der Waals surface area contributed by atoms with Gasteiger partial charge in [-0.2, -0.15) is 0 Å². The van der Waals surface area contributed by atoms with E-state index in [2.05, 4.69) is 65.3 Å². The summed E-state index contributed by atoms with van der Waals surface area (Å²) in [5, 5.41) is 6.12. The first kappa shape index (κ1) is 21.5. The fourth-order valence-electron chi connectivity index (χ4n) is 3.08. The second-order valence-electron chi connectivity index (χ2n) is 7.28. The lowest BCUT2D eigenvalue weighted by Gasteiger charge is -2.09. The fraction of sp³-hybridized carbons (Fsp3) is 0.208. The van der Waals surface area contributed by atoms with Crippen molar-refractivity contribution in [3.8, 4) is 11.1 Å². The predicted molar refractivity (Wildman–Crippen MR) is 128 cm³/mol. The topological polar surface area (TPSA) is 66.9 Å². The van der Waals surface area contributed by atoms with Gasteiger partial charge in [0.05, 0.1) is 10.2 Å². The average Bonchev–Trinajstić information content (AvgIpc) is 3.09. The van der Waals surface area contributed by atoms with Crippen molar-refractivity contribution in [2.45, 2.75) is 27.7 Å². The third-order valence-corrected chi connectivity index (χ3v) is 5.22. The number of urea groups is 1. The molecule has 2 heterocycles. The zero-order chi connectivity index (χ0) is 21.7. The van der Waals surface area contributed by atoms with E-state index in [9.17, 15) is 4.79 Å². The summed E-state index contributed by atoms with van der Waals surface area (Å²) in [6, 6.07) is 7.91. The van der Waals surface area contributed by atoms with Gasteiger partial charge in [-0.1, -0.05) is 47.3 Å². The van der Waals surface area contributed by atoms with Crippen LogP contribution in [0.15, 0.2) is 66.5 Å². The Bertz CT molecular complexity index is 1140. The number of pyridine rings is 1. The van der Waals surface area contributed by atoms with E-state index in [1.165, 1.54) is 16.9 Å². The lowest BCUT2D eigenvalue weighted by molar-refractivity contribution is 0.252. The molecule has 0 radical (unpaired) electrons. The molecule has 0 saturated carbocycles. The molecule has 1 aromatic carbocycles. The molecule has 30 heavy (non-hydrogen) atoms. The molecular weight excluding hydrogens is 392 g/mol. The first-order valence-corrected chi connectivity index (χ1v) is 10.6. The van der Waals surface area contributed by atoms with E-state index >= 15 is 0 Å². The van der Waals surface area contributed by atoms with Crippen LogP contribution < -0.4 is 10.6 Å². The Hall–Kier alpha value is -3.25. The Morgan fingerprint density at radius 2 is 2.03 bits per heavy atom. The van der Waals surface area contributed by atoms with Gasteiger partial charge in [0.15, 0.2) is 5.13 Å². The number of benzene rings is 1. The number of carbonyl (C=O) groups excluding carboxylic acids is 1. The van der Waals surface area contributed by atoms with Gasteiger partial charge in [-0.05, 0) is 57.0 Å². The van der Waals surface area contributed by atoms with Crippen LogP contribution in [-0.4, -0.2) is 22.5 Å². The maximum Gasteiger partial charge on any atom is 0.321 e. The molecule has 2 amide bonds. The van der Waals surface area contributed by atoms with Gasteiger partial charge in [-0.3, -0.25) is 10.3 Å². The number of thiazole rings is 1. The number of carbonyl (C=O) groups is 1. The molecule has 0 aliphatic carbocycles. The number of allylic oxidation sites excluding steroid dienone is 5. The monoisotopic (exact) mass is 418 g/mol. The molecule has 6 heteroatoms. The van der Waals surface area contributed by atoms with Crippen LogP contribution in [0.5, 0.6) is 0 Å². The number of hydrogen-bond donors (Lipinski definition) is 2. The van der Waals surface area contributed by atoms with Crippen LogP contribution in [0, 0.1) is 0 Å². The van der Waals surface area contributed by atoms with Crippen molar-refractivity contribution in [1.82, 2.24) is 15.3 Å². The number of nitrogens with zero attached hydrogens (tertiary/aromatic N) is 2. The molecule has 0 aliphatic heterocycles. The van der Waals surface area contributed by atoms with Gasteiger partial charge in [0.25, 0.3) is 0 Å². The first-order valence-electron chi connectivity index (χ1n) is 9.79. The number of hydrogen-bond acceptors (Lipinski definition) is 4. The summed E-state index contributed by atoms with van der Waals surface area (Å²) in [4.78, 5) is 20.9. The Morgan fingerprint density at radius 3 is 2.67 bits per heavy atom. The van der Waals surface area contributed by atoms with Crippen LogP contribution in [0.4, 0.5) is 9.93 Å². The van der Waals surface area contributed by atoms with E-state index in [4.69, 9.17) is 0 Å². The summed E-state index contributed by atoms with van der Waals surface area (Å²) < 4.78 is 1.01. The number of aromatic nitrogens is 2. The highest BCUT2D eigenvalue weighted by Gasteiger charge is 2.15. The minimum Gasteiger partial charge on any atom is -0.338 e. The van der Waals surface area contributed by atoms with Gasteiger partial charge < -0.3 is 5.32 Å². The van der Waals surface area contributed by atoms with Crippen molar-refractivity contribution in [1.29, 1.82) is 0 Å². The Labute approximate surface area is 181 Å². The zero-order valence-electron chi connectivity index (χ0n) is 17.7. The van der Waals surface area contributed by atoms with E-state index in [0.717, 1.165) is 38.1 Å². The van der Waals surface area contributed by atoms with Crippen LogP contribution in [0.3, 0.4) is 0 Å². The van der Waals surface area contributed by atoms with Gasteiger partial charge in [-0.15, -0.1) is 0 Å². The summed E-state index contributed by atoms with van der Waals surface area (Å²) in [7, 11) is 0. The molecule has 5 nitrogen and oxygen atoms in total. The molecule has 0 atom stereocenters. The lowest BCUT2D eigenvalue weighted by Crippen LogP contribution is -2.28. The molecule has 2 aromatic heterocycles. The smallest absolute Gasteiger partial charge is 0.321 e. The molecule has 0 spiro atoms. The molecule has 2 N–H and O–H groups in total. The molecule has 3 aromatic rings. The maximum absolute atomic E-state index is 12.0. The van der Waals surface area contributed by atoms with Crippen molar-refractivity contribution in [3.05, 3.63) is 72.1 Å². The molecule has 0 saturated heterocycles. The molecule has 0 aliphatic rings. The highest BCUT2D eigenvalue weighted by Crippen LogP contribution is 2.38. The predicted octanol–water partition coefficient (Wildman–Crippen LogP) is 6.43. The van der Waals surface area contributed by atoms with Crippen molar-refractivity contribution < 1.29 is 4.79 Å². The Balaban J connectivity index is 2.21. The molecule has 3 rings (SSSR count). The second-order valence-corrected chi connectivity index (χ2v) is 8.28. The summed E-state index contributed by atoms with van der Waals surface area (Å²) in [5.74, 6) is 0. The summed E-state index contributed by atoms with van der Waals surface area (Å²) in [6.45, 7) is 12.6. The minimum atomic E-state index is -0.257. The van der Waals surface area contributed by atoms with Gasteiger partial charge in [0.1, 0.15) is 0 Å². The summed E-state index contributed by atoms with van der Waals surface area (Å²) in [5.41, 5.74) is 7.15. The van der Waals surface area contributed by atoms with E-state index in [0.29, 0.717) is 11.7 Å². The molecule has 0 fully saturated rings. The number of fused-ring (bicyclic) bond motifs is 1. The maximum atomic E-state index is 12.0. The average molecular weight is 419 g/mol. The van der Waals surface area contributed by atoms with E-state index < -0.39 is 0 Å². The molecular formula is C24H26N4OS. The zero-order valence-corrected chi connectivity index (χ0v) is 18.6. The van der Waals surface area contributed by atoms with Gasteiger partial charge in [-0.25, -0.2) is 9.78 Å². The fourth-order valence-corrected chi connectivity index (χ4v) is 4.05. The number of amides is 2. The van der Waals surface area contributed by atoms with Crippen molar-refractivity contribution >= 4 is 38.3 Å². The van der Waals surface area contributed by atoms with E-state index in [1.807, 2.05) is 32.2 Å². The van der Waals surface area contributed by atoms with Crippen LogP contribution in [0.25, 0.3) is 26.9 Å². The lowest BCUT2D eigenvalue weighted by atomic mass is 9.97. The second kappa shape index (κ2) is 9.50. The highest BCUT2D eigenvalue weighted by molar-refractivity contribution is 7.22. The number of anilines is 1. The van der Waals surface area contributed by atoms with Crippen molar-refractivity contribution in [3.63, 3.8) is 0 Å². The van der Waals surface area contributed by atoms with Crippen LogP contribution in [0.1, 0.15) is 33.3 Å². The SMILES string of the molecule is C=C(C)/C=C(\C=C(C)C)c1cc(-c2cccnc2)c2sc(NC(=O)NCC)nc2c1. The molecule has 0 unspecified atom stereocenters. The van der Waals surface area contributed by atoms with Gasteiger partial charge >= 0.3 is 6.03 Å². The summed E-state index contributed by atoms with van der Waals surface area (Å²) >= 11 is 1.46. The Morgan fingerprint density at radius 1 is 1.23 bits per heavy atom. The number of nitrogens with one attached hydrogen (secondary N) is 2. The van der Waals surface area contributed by atoms with E-state index in [-0.39, 0.29) is 6.03 Å². The third kappa shape index (κ3) is 5.21. The molecule has 0 bridgehead atoms. The standard InChI is InChI=1S/C24H26N4OS/c1-6-26-23(29)28-24-27-21-13-19(18(10-15(2)3)11-16(4)5)12-20(22(21)30-24)17-8-7-9-25-14-17/h7-14H,2,6H2,1,3-5H3,(H2,26,27,28,29)/b18-10+. The van der Waals surface area contributed by atoms with Gasteiger partial charge in [0.2, 0.25) is 0 Å². The minimum absolute atomic E-state index is 0.257. The number of rotatable bonds is 6. The normalized spacial score (nSPS) is 11.3. The van der Waals surface area contributed by atoms with Crippen LogP contribution in [-0.2, 0) is 0 Å². The highest BCUT2D eigenvalue weighted by atomic mass is 32.1. The van der Waals surface area contributed by atoms with Crippen LogP contribution >= 0.6 is 11.3 Å². The van der Waals surface area contributed by atoms with Crippen LogP contribution in [0.2, 0.25) is 0 Å².